The summed E-state index contributed by atoms with van der Waals surface area (Å²) in [6.45, 7) is 1.34. The third kappa shape index (κ3) is 1.86. The molecule has 2 amide bonds. The minimum absolute atomic E-state index is 0.0462. The molecule has 16 heavy (non-hydrogen) atoms. The first kappa shape index (κ1) is 11.2. The summed E-state index contributed by atoms with van der Waals surface area (Å²) >= 11 is 0. The summed E-state index contributed by atoms with van der Waals surface area (Å²) in [6, 6.07) is 0.370. The van der Waals surface area contributed by atoms with E-state index in [1.807, 2.05) is 4.90 Å². The summed E-state index contributed by atoms with van der Waals surface area (Å²) in [5.41, 5.74) is 0. The highest BCUT2D eigenvalue weighted by Gasteiger charge is 2.38. The lowest BCUT2D eigenvalue weighted by Gasteiger charge is -2.44. The molecule has 2 aliphatic heterocycles. The normalized spacial score (nSPS) is 30.0. The van der Waals surface area contributed by atoms with Crippen LogP contribution in [0.15, 0.2) is 0 Å². The number of urea groups is 1. The number of piperidine rings is 1. The molecule has 0 spiro atoms. The van der Waals surface area contributed by atoms with Crippen molar-refractivity contribution in [2.45, 2.75) is 25.3 Å². The second-order valence-corrected chi connectivity index (χ2v) is 4.60. The van der Waals surface area contributed by atoms with Gasteiger partial charge in [0, 0.05) is 26.2 Å². The maximum Gasteiger partial charge on any atom is 0.320 e. The molecule has 0 aromatic rings. The number of fused-ring (bicyclic) bond motifs is 1. The van der Waals surface area contributed by atoms with Crippen LogP contribution in [-0.4, -0.2) is 55.1 Å². The van der Waals surface area contributed by atoms with Crippen LogP contribution >= 0.6 is 0 Å². The van der Waals surface area contributed by atoms with Crippen molar-refractivity contribution in [3.8, 4) is 0 Å². The highest BCUT2D eigenvalue weighted by atomic mass is 16.5. The number of nitrogens with zero attached hydrogens (tertiary/aromatic N) is 2. The lowest BCUT2D eigenvalue weighted by Crippen LogP contribution is -2.57. The van der Waals surface area contributed by atoms with Crippen molar-refractivity contribution < 1.29 is 14.3 Å². The van der Waals surface area contributed by atoms with Gasteiger partial charge >= 0.3 is 12.0 Å². The highest BCUT2D eigenvalue weighted by molar-refractivity contribution is 5.78. The molecule has 0 aliphatic carbocycles. The Hall–Kier alpha value is -1.26. The van der Waals surface area contributed by atoms with E-state index < -0.39 is 0 Å². The highest BCUT2D eigenvalue weighted by Crippen LogP contribution is 2.28. The van der Waals surface area contributed by atoms with E-state index in [2.05, 4.69) is 0 Å². The molecule has 0 radical (unpaired) electrons. The lowest BCUT2D eigenvalue weighted by molar-refractivity contribution is -0.147. The SMILES string of the molecule is COC(=O)[C@H]1CC[C@H]2CCN(C)C(=O)N2C1. The van der Waals surface area contributed by atoms with Crippen LogP contribution in [0.25, 0.3) is 0 Å². The van der Waals surface area contributed by atoms with Gasteiger partial charge in [0.1, 0.15) is 0 Å². The number of esters is 1. The van der Waals surface area contributed by atoms with Crippen molar-refractivity contribution in [2.24, 2.45) is 5.92 Å². The van der Waals surface area contributed by atoms with Gasteiger partial charge in [-0.15, -0.1) is 0 Å². The zero-order valence-electron chi connectivity index (χ0n) is 9.81. The van der Waals surface area contributed by atoms with E-state index in [9.17, 15) is 9.59 Å². The molecule has 5 heteroatoms. The molecule has 0 aromatic carbocycles. The van der Waals surface area contributed by atoms with Crippen LogP contribution in [0.4, 0.5) is 4.79 Å². The molecular weight excluding hydrogens is 208 g/mol. The molecule has 2 aliphatic rings. The van der Waals surface area contributed by atoms with Gasteiger partial charge in [-0.2, -0.15) is 0 Å². The molecule has 2 fully saturated rings. The minimum atomic E-state index is -0.195. The Bertz CT molecular complexity index is 306. The fraction of sp³-hybridized carbons (Fsp3) is 0.818. The molecule has 0 bridgehead atoms. The summed E-state index contributed by atoms with van der Waals surface area (Å²) in [7, 11) is 3.21. The number of amides is 2. The number of rotatable bonds is 1. The fourth-order valence-corrected chi connectivity index (χ4v) is 2.58. The van der Waals surface area contributed by atoms with Gasteiger partial charge < -0.3 is 14.5 Å². The van der Waals surface area contributed by atoms with Gasteiger partial charge in [0.05, 0.1) is 13.0 Å². The Morgan fingerprint density at radius 3 is 2.81 bits per heavy atom. The third-order valence-corrected chi connectivity index (χ3v) is 3.61. The summed E-state index contributed by atoms with van der Waals surface area (Å²) in [5, 5.41) is 0. The quantitative estimate of drug-likeness (QED) is 0.618. The van der Waals surface area contributed by atoms with E-state index in [4.69, 9.17) is 4.74 Å². The maximum atomic E-state index is 11.9. The zero-order chi connectivity index (χ0) is 11.7. The Morgan fingerprint density at radius 2 is 2.12 bits per heavy atom. The van der Waals surface area contributed by atoms with E-state index in [0.717, 1.165) is 25.8 Å². The molecule has 2 atom stereocenters. The third-order valence-electron chi connectivity index (χ3n) is 3.61. The monoisotopic (exact) mass is 226 g/mol. The molecule has 0 aromatic heterocycles. The van der Waals surface area contributed by atoms with Crippen LogP contribution in [0, 0.1) is 5.92 Å². The van der Waals surface area contributed by atoms with Gasteiger partial charge in [-0.1, -0.05) is 0 Å². The summed E-state index contributed by atoms with van der Waals surface area (Å²) in [4.78, 5) is 26.9. The second kappa shape index (κ2) is 4.31. The van der Waals surface area contributed by atoms with Crippen LogP contribution in [0.2, 0.25) is 0 Å². The number of ether oxygens (including phenoxy) is 1. The van der Waals surface area contributed by atoms with Crippen molar-refractivity contribution in [1.82, 2.24) is 9.80 Å². The molecule has 2 rings (SSSR count). The second-order valence-electron chi connectivity index (χ2n) is 4.60. The molecule has 2 saturated heterocycles. The Morgan fingerprint density at radius 1 is 1.38 bits per heavy atom. The first-order chi connectivity index (χ1) is 7.63. The average Bonchev–Trinajstić information content (AvgIpc) is 2.32. The number of methoxy groups -OCH3 is 1. The van der Waals surface area contributed by atoms with Crippen molar-refractivity contribution in [1.29, 1.82) is 0 Å². The largest absolute Gasteiger partial charge is 0.469 e. The van der Waals surface area contributed by atoms with Crippen LogP contribution in [0.3, 0.4) is 0 Å². The van der Waals surface area contributed by atoms with Crippen molar-refractivity contribution in [3.63, 3.8) is 0 Å². The number of hydrogen-bond donors (Lipinski definition) is 0. The zero-order valence-corrected chi connectivity index (χ0v) is 9.81. The van der Waals surface area contributed by atoms with Gasteiger partial charge in [-0.05, 0) is 19.3 Å². The van der Waals surface area contributed by atoms with Crippen LogP contribution in [-0.2, 0) is 9.53 Å². The predicted molar refractivity (Wildman–Crippen MR) is 57.9 cm³/mol. The summed E-state index contributed by atoms with van der Waals surface area (Å²) < 4.78 is 4.74. The van der Waals surface area contributed by atoms with E-state index in [1.165, 1.54) is 7.11 Å². The number of carbonyl (C=O) groups excluding carboxylic acids is 2. The van der Waals surface area contributed by atoms with Gasteiger partial charge in [0.25, 0.3) is 0 Å². The van der Waals surface area contributed by atoms with Crippen LogP contribution in [0.5, 0.6) is 0 Å². The molecular formula is C11H18N2O3. The number of carbonyl (C=O) groups is 2. The average molecular weight is 226 g/mol. The first-order valence-corrected chi connectivity index (χ1v) is 5.73. The molecule has 2 heterocycles. The Balaban J connectivity index is 2.05. The van der Waals surface area contributed by atoms with E-state index in [1.54, 1.807) is 11.9 Å². The Kier molecular flexibility index (Phi) is 3.03. The fourth-order valence-electron chi connectivity index (χ4n) is 2.58. The van der Waals surface area contributed by atoms with Gasteiger partial charge in [0.2, 0.25) is 0 Å². The first-order valence-electron chi connectivity index (χ1n) is 5.73. The Labute approximate surface area is 95.3 Å². The summed E-state index contributed by atoms with van der Waals surface area (Å²) in [5.74, 6) is -0.337. The van der Waals surface area contributed by atoms with E-state index in [-0.39, 0.29) is 17.9 Å². The molecule has 0 saturated carbocycles. The molecule has 90 valence electrons. The molecule has 5 nitrogen and oxygen atoms in total. The molecule has 0 unspecified atom stereocenters. The lowest BCUT2D eigenvalue weighted by atomic mass is 9.90. The van der Waals surface area contributed by atoms with Gasteiger partial charge in [0.15, 0.2) is 0 Å². The smallest absolute Gasteiger partial charge is 0.320 e. The van der Waals surface area contributed by atoms with Crippen molar-refractivity contribution in [2.75, 3.05) is 27.2 Å². The number of hydrogen-bond acceptors (Lipinski definition) is 3. The van der Waals surface area contributed by atoms with Crippen LogP contribution < -0.4 is 0 Å². The van der Waals surface area contributed by atoms with Gasteiger partial charge in [-0.3, -0.25) is 4.79 Å². The van der Waals surface area contributed by atoms with Crippen molar-refractivity contribution in [3.05, 3.63) is 0 Å². The van der Waals surface area contributed by atoms with Gasteiger partial charge in [-0.25, -0.2) is 4.79 Å². The van der Waals surface area contributed by atoms with Crippen molar-refractivity contribution >= 4 is 12.0 Å². The maximum absolute atomic E-state index is 11.9. The van der Waals surface area contributed by atoms with E-state index >= 15 is 0 Å². The predicted octanol–water partition coefficient (Wildman–Crippen LogP) is 0.696. The summed E-state index contributed by atoms with van der Waals surface area (Å²) in [6.07, 6.45) is 2.76. The standard InChI is InChI=1S/C11H18N2O3/c1-12-6-5-9-4-3-8(10(14)16-2)7-13(9)11(12)15/h8-9H,3-7H2,1-2H3/t8-,9-/m0/s1. The topological polar surface area (TPSA) is 49.9 Å². The van der Waals surface area contributed by atoms with Crippen LogP contribution in [0.1, 0.15) is 19.3 Å². The van der Waals surface area contributed by atoms with E-state index in [0.29, 0.717) is 12.6 Å². The molecule has 0 N–H and O–H groups in total. The minimum Gasteiger partial charge on any atom is -0.469 e.